The Morgan fingerprint density at radius 3 is 2.71 bits per heavy atom. The summed E-state index contributed by atoms with van der Waals surface area (Å²) in [6.07, 6.45) is 0.422. The monoisotopic (exact) mass is 296 g/mol. The molecule has 21 heavy (non-hydrogen) atoms. The molecule has 114 valence electrons. The number of nitrogens with one attached hydrogen (secondary N) is 1. The van der Waals surface area contributed by atoms with Crippen LogP contribution in [0.25, 0.3) is 0 Å². The van der Waals surface area contributed by atoms with Gasteiger partial charge in [0.15, 0.2) is 0 Å². The molecule has 0 saturated carbocycles. The largest absolute Gasteiger partial charge is 0.481 e. The van der Waals surface area contributed by atoms with E-state index in [0.717, 1.165) is 0 Å². The molecule has 8 heteroatoms. The number of nitro benzene ring substituents is 1. The molecule has 0 bridgehead atoms. The number of rotatable bonds is 8. The van der Waals surface area contributed by atoms with E-state index in [2.05, 4.69) is 5.32 Å². The highest BCUT2D eigenvalue weighted by molar-refractivity contribution is 5.95. The lowest BCUT2D eigenvalue weighted by Crippen LogP contribution is -2.10. The number of hydrogen-bond acceptors (Lipinski definition) is 6. The van der Waals surface area contributed by atoms with Crippen molar-refractivity contribution in [1.82, 2.24) is 0 Å². The lowest BCUT2D eigenvalue weighted by atomic mass is 10.1. The molecule has 0 heterocycles. The Hall–Kier alpha value is -2.64. The van der Waals surface area contributed by atoms with Crippen molar-refractivity contribution in [3.05, 3.63) is 33.9 Å². The van der Waals surface area contributed by atoms with Gasteiger partial charge in [0.1, 0.15) is 5.56 Å². The molecule has 0 aliphatic rings. The van der Waals surface area contributed by atoms with Gasteiger partial charge in [0.2, 0.25) is 0 Å². The number of carboxylic acids is 1. The van der Waals surface area contributed by atoms with Crippen LogP contribution in [0.15, 0.2) is 18.2 Å². The highest BCUT2D eigenvalue weighted by Crippen LogP contribution is 2.23. The number of anilines is 1. The van der Waals surface area contributed by atoms with Crippen LogP contribution in [0.5, 0.6) is 0 Å². The molecule has 1 aromatic rings. The third kappa shape index (κ3) is 5.09. The molecule has 0 aliphatic heterocycles. The van der Waals surface area contributed by atoms with Crippen LogP contribution in [0.4, 0.5) is 11.4 Å². The van der Waals surface area contributed by atoms with Crippen molar-refractivity contribution in [1.29, 1.82) is 0 Å². The summed E-state index contributed by atoms with van der Waals surface area (Å²) >= 11 is 0. The second-order valence-corrected chi connectivity index (χ2v) is 4.13. The van der Waals surface area contributed by atoms with Crippen molar-refractivity contribution in [2.75, 3.05) is 18.5 Å². The number of hydrogen-bond donors (Lipinski definition) is 2. The molecule has 0 atom stereocenters. The Bertz CT molecular complexity index is 543. The van der Waals surface area contributed by atoms with Gasteiger partial charge in [-0.15, -0.1) is 0 Å². The summed E-state index contributed by atoms with van der Waals surface area (Å²) in [4.78, 5) is 32.3. The van der Waals surface area contributed by atoms with Gasteiger partial charge in [-0.25, -0.2) is 4.79 Å². The van der Waals surface area contributed by atoms with Crippen LogP contribution in [0, 0.1) is 10.1 Å². The summed E-state index contributed by atoms with van der Waals surface area (Å²) in [5.74, 6) is -1.66. The molecule has 0 spiro atoms. The van der Waals surface area contributed by atoms with Crippen molar-refractivity contribution in [3.63, 3.8) is 0 Å². The molecule has 0 saturated heterocycles. The van der Waals surface area contributed by atoms with Crippen LogP contribution < -0.4 is 5.32 Å². The third-order valence-corrected chi connectivity index (χ3v) is 2.59. The summed E-state index contributed by atoms with van der Waals surface area (Å²) in [5, 5.41) is 22.3. The van der Waals surface area contributed by atoms with Gasteiger partial charge >= 0.3 is 11.9 Å². The second-order valence-electron chi connectivity index (χ2n) is 4.13. The van der Waals surface area contributed by atoms with Crippen molar-refractivity contribution < 1.29 is 24.4 Å². The molecule has 1 rings (SSSR count). The fourth-order valence-corrected chi connectivity index (χ4v) is 1.65. The maximum Gasteiger partial charge on any atom is 0.345 e. The molecule has 0 amide bonds. The number of nitrogens with zero attached hydrogens (tertiary/aromatic N) is 1. The van der Waals surface area contributed by atoms with Crippen LogP contribution in [-0.4, -0.2) is 35.1 Å². The Morgan fingerprint density at radius 2 is 2.14 bits per heavy atom. The van der Waals surface area contributed by atoms with Crippen molar-refractivity contribution >= 4 is 23.3 Å². The predicted molar refractivity (Wildman–Crippen MR) is 74.4 cm³/mol. The molecule has 0 aliphatic carbocycles. The van der Waals surface area contributed by atoms with Crippen LogP contribution >= 0.6 is 0 Å². The first-order chi connectivity index (χ1) is 9.95. The first-order valence-corrected chi connectivity index (χ1v) is 6.37. The predicted octanol–water partition coefficient (Wildman–Crippen LogP) is 2.05. The van der Waals surface area contributed by atoms with Gasteiger partial charge in [-0.1, -0.05) is 0 Å². The van der Waals surface area contributed by atoms with Crippen LogP contribution in [0.1, 0.15) is 30.1 Å². The van der Waals surface area contributed by atoms with Gasteiger partial charge in [0.25, 0.3) is 5.69 Å². The molecular weight excluding hydrogens is 280 g/mol. The third-order valence-electron chi connectivity index (χ3n) is 2.59. The second kappa shape index (κ2) is 7.83. The maximum atomic E-state index is 11.7. The minimum absolute atomic E-state index is 0.0186. The fourth-order valence-electron chi connectivity index (χ4n) is 1.65. The topological polar surface area (TPSA) is 119 Å². The quantitative estimate of drug-likeness (QED) is 0.326. The first kappa shape index (κ1) is 16.4. The van der Waals surface area contributed by atoms with Crippen LogP contribution in [-0.2, 0) is 9.53 Å². The lowest BCUT2D eigenvalue weighted by molar-refractivity contribution is -0.385. The summed E-state index contributed by atoms with van der Waals surface area (Å²) in [6.45, 7) is 2.11. The summed E-state index contributed by atoms with van der Waals surface area (Å²) in [6, 6.07) is 4.00. The van der Waals surface area contributed by atoms with Gasteiger partial charge in [-0.05, 0) is 25.5 Å². The summed E-state index contributed by atoms with van der Waals surface area (Å²) in [5.41, 5.74) is 0.0312. The first-order valence-electron chi connectivity index (χ1n) is 6.37. The van der Waals surface area contributed by atoms with Gasteiger partial charge in [-0.3, -0.25) is 14.9 Å². The summed E-state index contributed by atoms with van der Waals surface area (Å²) in [7, 11) is 0. The smallest absolute Gasteiger partial charge is 0.345 e. The van der Waals surface area contributed by atoms with Crippen LogP contribution in [0.2, 0.25) is 0 Å². The minimum Gasteiger partial charge on any atom is -0.481 e. The number of carbonyl (C=O) groups excluding carboxylic acids is 1. The number of ether oxygens (including phenoxy) is 1. The molecule has 0 radical (unpaired) electrons. The molecule has 0 aromatic heterocycles. The van der Waals surface area contributed by atoms with E-state index in [0.29, 0.717) is 18.7 Å². The van der Waals surface area contributed by atoms with E-state index < -0.39 is 16.9 Å². The summed E-state index contributed by atoms with van der Waals surface area (Å²) < 4.78 is 4.78. The number of nitro groups is 1. The zero-order valence-corrected chi connectivity index (χ0v) is 11.5. The lowest BCUT2D eigenvalue weighted by Gasteiger charge is -2.08. The molecule has 8 nitrogen and oxygen atoms in total. The number of benzene rings is 1. The average Bonchev–Trinajstić information content (AvgIpc) is 2.43. The highest BCUT2D eigenvalue weighted by atomic mass is 16.6. The fraction of sp³-hybridized carbons (Fsp3) is 0.385. The van der Waals surface area contributed by atoms with E-state index in [1.54, 1.807) is 6.92 Å². The number of esters is 1. The van der Waals surface area contributed by atoms with Gasteiger partial charge in [0, 0.05) is 24.7 Å². The van der Waals surface area contributed by atoms with E-state index in [1.807, 2.05) is 0 Å². The Labute approximate surface area is 120 Å². The van der Waals surface area contributed by atoms with Gasteiger partial charge in [0.05, 0.1) is 11.5 Å². The van der Waals surface area contributed by atoms with Crippen molar-refractivity contribution in [2.24, 2.45) is 0 Å². The number of carboxylic acid groups (broad SMARTS) is 1. The van der Waals surface area contributed by atoms with E-state index in [9.17, 15) is 19.7 Å². The Kier molecular flexibility index (Phi) is 6.12. The SMILES string of the molecule is CCOC(=O)c1cc(NCCCC(=O)O)ccc1[N+](=O)[O-]. The van der Waals surface area contributed by atoms with E-state index in [-0.39, 0.29) is 24.3 Å². The molecule has 1 aromatic carbocycles. The molecular formula is C13H16N2O6. The normalized spacial score (nSPS) is 9.95. The van der Waals surface area contributed by atoms with Gasteiger partial charge in [-0.2, -0.15) is 0 Å². The Morgan fingerprint density at radius 1 is 1.43 bits per heavy atom. The average molecular weight is 296 g/mol. The minimum atomic E-state index is -0.896. The van der Waals surface area contributed by atoms with E-state index in [1.165, 1.54) is 18.2 Å². The number of carbonyl (C=O) groups is 2. The van der Waals surface area contributed by atoms with Gasteiger partial charge < -0.3 is 15.2 Å². The molecule has 0 fully saturated rings. The van der Waals surface area contributed by atoms with E-state index >= 15 is 0 Å². The molecule has 2 N–H and O–H groups in total. The van der Waals surface area contributed by atoms with Crippen molar-refractivity contribution in [3.8, 4) is 0 Å². The Balaban J connectivity index is 2.83. The number of aliphatic carboxylic acids is 1. The zero-order chi connectivity index (χ0) is 15.8. The highest BCUT2D eigenvalue weighted by Gasteiger charge is 2.21. The molecule has 0 unspecified atom stereocenters. The standard InChI is InChI=1S/C13H16N2O6/c1-2-21-13(18)10-8-9(5-6-11(10)15(19)20)14-7-3-4-12(16)17/h5-6,8,14H,2-4,7H2,1H3,(H,16,17). The van der Waals surface area contributed by atoms with Crippen LogP contribution in [0.3, 0.4) is 0 Å². The van der Waals surface area contributed by atoms with Crippen molar-refractivity contribution in [2.45, 2.75) is 19.8 Å². The van der Waals surface area contributed by atoms with E-state index in [4.69, 9.17) is 9.84 Å². The zero-order valence-electron chi connectivity index (χ0n) is 11.5. The maximum absolute atomic E-state index is 11.7.